The number of hydrogen-bond acceptors (Lipinski definition) is 4. The maximum atomic E-state index is 10.7. The summed E-state index contributed by atoms with van der Waals surface area (Å²) in [4.78, 5) is 0. The third-order valence-electron chi connectivity index (χ3n) is 4.85. The molecular weight excluding hydrogens is 350 g/mol. The van der Waals surface area contributed by atoms with Gasteiger partial charge in [0.15, 0.2) is 0 Å². The van der Waals surface area contributed by atoms with Crippen LogP contribution in [0.1, 0.15) is 104 Å². The first-order valence-corrected chi connectivity index (χ1v) is 12.3. The molecule has 2 unspecified atom stereocenters. The molecule has 0 rings (SSSR count). The van der Waals surface area contributed by atoms with Crippen LogP contribution in [0, 0.1) is 0 Å². The molecule has 5 nitrogen and oxygen atoms in total. The predicted octanol–water partition coefficient (Wildman–Crippen LogP) is 4.69. The summed E-state index contributed by atoms with van der Waals surface area (Å²) in [6, 6.07) is 0.249. The molecule has 0 fully saturated rings. The molecule has 0 saturated heterocycles. The van der Waals surface area contributed by atoms with E-state index in [1.165, 1.54) is 77.0 Å². The molecule has 6 heteroatoms. The Labute approximate surface area is 162 Å². The molecule has 2 atom stereocenters. The SMILES string of the molecule is CCCCCCCCCCCCCCCC(C)NCC(O)CS(=O)(=O)O. The first kappa shape index (κ1) is 25.8. The maximum absolute atomic E-state index is 10.7. The molecule has 3 N–H and O–H groups in total. The molecule has 0 aromatic carbocycles. The molecule has 0 heterocycles. The van der Waals surface area contributed by atoms with Gasteiger partial charge in [0.05, 0.1) is 6.10 Å². The van der Waals surface area contributed by atoms with E-state index in [9.17, 15) is 13.5 Å². The zero-order chi connectivity index (χ0) is 19.7. The minimum Gasteiger partial charge on any atom is -0.391 e. The Balaban J connectivity index is 3.31. The van der Waals surface area contributed by atoms with Gasteiger partial charge in [-0.2, -0.15) is 8.42 Å². The third kappa shape index (κ3) is 20.1. The van der Waals surface area contributed by atoms with Crippen LogP contribution in [-0.4, -0.2) is 42.5 Å². The van der Waals surface area contributed by atoms with Crippen molar-refractivity contribution in [1.29, 1.82) is 0 Å². The number of nitrogens with one attached hydrogen (secondary N) is 1. The Morgan fingerprint density at radius 2 is 1.23 bits per heavy atom. The molecule has 0 amide bonds. The number of rotatable bonds is 19. The summed E-state index contributed by atoms with van der Waals surface area (Å²) in [6.45, 7) is 4.50. The lowest BCUT2D eigenvalue weighted by Gasteiger charge is -2.16. The van der Waals surface area contributed by atoms with E-state index < -0.39 is 22.0 Å². The standard InChI is InChI=1S/C20H43NO4S/c1-3-4-5-6-7-8-9-10-11-12-13-14-15-16-19(2)21-17-20(22)18-26(23,24)25/h19-22H,3-18H2,1-2H3,(H,23,24,25). The van der Waals surface area contributed by atoms with Crippen molar-refractivity contribution < 1.29 is 18.1 Å². The molecule has 0 aliphatic rings. The topological polar surface area (TPSA) is 86.6 Å². The Morgan fingerprint density at radius 3 is 1.65 bits per heavy atom. The second-order valence-corrected chi connectivity index (χ2v) is 9.24. The molecule has 0 aliphatic carbocycles. The van der Waals surface area contributed by atoms with E-state index in [2.05, 4.69) is 12.2 Å². The van der Waals surface area contributed by atoms with Crippen LogP contribution in [0.4, 0.5) is 0 Å². The van der Waals surface area contributed by atoms with E-state index in [1.807, 2.05) is 6.92 Å². The van der Waals surface area contributed by atoms with Crippen LogP contribution in [0.25, 0.3) is 0 Å². The van der Waals surface area contributed by atoms with Gasteiger partial charge < -0.3 is 10.4 Å². The molecule has 26 heavy (non-hydrogen) atoms. The summed E-state index contributed by atoms with van der Waals surface area (Å²) < 4.78 is 30.0. The number of unbranched alkanes of at least 4 members (excludes halogenated alkanes) is 12. The van der Waals surface area contributed by atoms with Crippen molar-refractivity contribution in [1.82, 2.24) is 5.32 Å². The van der Waals surface area contributed by atoms with Crippen molar-refractivity contribution in [2.24, 2.45) is 0 Å². The first-order chi connectivity index (χ1) is 12.3. The van der Waals surface area contributed by atoms with Crippen LogP contribution in [-0.2, 0) is 10.1 Å². The van der Waals surface area contributed by atoms with Gasteiger partial charge in [0, 0.05) is 12.6 Å². The van der Waals surface area contributed by atoms with Crippen molar-refractivity contribution >= 4 is 10.1 Å². The summed E-state index contributed by atoms with van der Waals surface area (Å²) in [5.41, 5.74) is 0. The van der Waals surface area contributed by atoms with Gasteiger partial charge in [-0.15, -0.1) is 0 Å². The first-order valence-electron chi connectivity index (χ1n) is 10.7. The van der Waals surface area contributed by atoms with Gasteiger partial charge in [0.2, 0.25) is 0 Å². The van der Waals surface area contributed by atoms with Crippen LogP contribution in [0.15, 0.2) is 0 Å². The lowest BCUT2D eigenvalue weighted by molar-refractivity contribution is 0.186. The van der Waals surface area contributed by atoms with E-state index in [0.717, 1.165) is 12.8 Å². The lowest BCUT2D eigenvalue weighted by Crippen LogP contribution is -2.37. The summed E-state index contributed by atoms with van der Waals surface area (Å²) in [5, 5.41) is 12.6. The molecular formula is C20H43NO4S. The van der Waals surface area contributed by atoms with E-state index in [1.54, 1.807) is 0 Å². The van der Waals surface area contributed by atoms with Crippen LogP contribution >= 0.6 is 0 Å². The largest absolute Gasteiger partial charge is 0.391 e. The van der Waals surface area contributed by atoms with Crippen molar-refractivity contribution in [2.75, 3.05) is 12.3 Å². The fraction of sp³-hybridized carbons (Fsp3) is 1.00. The molecule has 0 spiro atoms. The van der Waals surface area contributed by atoms with Crippen molar-refractivity contribution in [2.45, 2.75) is 116 Å². The Bertz CT molecular complexity index is 401. The predicted molar refractivity (Wildman–Crippen MR) is 110 cm³/mol. The molecule has 158 valence electrons. The second-order valence-electron chi connectivity index (χ2n) is 7.74. The summed E-state index contributed by atoms with van der Waals surface area (Å²) in [5.74, 6) is -0.606. The number of aliphatic hydroxyl groups excluding tert-OH is 1. The van der Waals surface area contributed by atoms with Crippen LogP contribution in [0.3, 0.4) is 0 Å². The highest BCUT2D eigenvalue weighted by Crippen LogP contribution is 2.13. The summed E-state index contributed by atoms with van der Waals surface area (Å²) in [7, 11) is -4.10. The average molecular weight is 394 g/mol. The van der Waals surface area contributed by atoms with Crippen LogP contribution in [0.5, 0.6) is 0 Å². The highest BCUT2D eigenvalue weighted by Gasteiger charge is 2.14. The van der Waals surface area contributed by atoms with Crippen LogP contribution in [0.2, 0.25) is 0 Å². The number of hydrogen-bond donors (Lipinski definition) is 3. The fourth-order valence-electron chi connectivity index (χ4n) is 3.21. The maximum Gasteiger partial charge on any atom is 0.267 e. The molecule has 0 aromatic heterocycles. The van der Waals surface area contributed by atoms with Gasteiger partial charge in [-0.25, -0.2) is 0 Å². The highest BCUT2D eigenvalue weighted by molar-refractivity contribution is 7.85. The molecule has 0 aliphatic heterocycles. The fourth-order valence-corrected chi connectivity index (χ4v) is 3.81. The zero-order valence-corrected chi connectivity index (χ0v) is 17.9. The second kappa shape index (κ2) is 17.0. The van der Waals surface area contributed by atoms with Crippen LogP contribution < -0.4 is 5.32 Å². The van der Waals surface area contributed by atoms with Gasteiger partial charge in [0.1, 0.15) is 5.75 Å². The minimum absolute atomic E-state index is 0.194. The molecule has 0 bridgehead atoms. The van der Waals surface area contributed by atoms with Crippen molar-refractivity contribution in [3.63, 3.8) is 0 Å². The van der Waals surface area contributed by atoms with Gasteiger partial charge >= 0.3 is 0 Å². The molecule has 0 saturated carbocycles. The summed E-state index contributed by atoms with van der Waals surface area (Å²) in [6.07, 6.45) is 17.4. The Morgan fingerprint density at radius 1 is 0.808 bits per heavy atom. The normalized spacial score (nSPS) is 14.5. The van der Waals surface area contributed by atoms with E-state index in [4.69, 9.17) is 4.55 Å². The van der Waals surface area contributed by atoms with Crippen molar-refractivity contribution in [3.8, 4) is 0 Å². The van der Waals surface area contributed by atoms with E-state index >= 15 is 0 Å². The van der Waals surface area contributed by atoms with E-state index in [-0.39, 0.29) is 12.6 Å². The molecule has 0 aromatic rings. The zero-order valence-electron chi connectivity index (χ0n) is 17.1. The Kier molecular flexibility index (Phi) is 16.9. The van der Waals surface area contributed by atoms with Gasteiger partial charge in [-0.3, -0.25) is 4.55 Å². The smallest absolute Gasteiger partial charge is 0.267 e. The van der Waals surface area contributed by atoms with Gasteiger partial charge in [-0.1, -0.05) is 90.4 Å². The average Bonchev–Trinajstić information content (AvgIpc) is 2.55. The summed E-state index contributed by atoms with van der Waals surface area (Å²) >= 11 is 0. The van der Waals surface area contributed by atoms with E-state index in [0.29, 0.717) is 0 Å². The van der Waals surface area contributed by atoms with Crippen molar-refractivity contribution in [3.05, 3.63) is 0 Å². The van der Waals surface area contributed by atoms with Gasteiger partial charge in [-0.05, 0) is 13.3 Å². The quantitative estimate of drug-likeness (QED) is 0.219. The number of aliphatic hydroxyl groups is 1. The van der Waals surface area contributed by atoms with Gasteiger partial charge in [0.25, 0.3) is 10.1 Å². The lowest BCUT2D eigenvalue weighted by atomic mass is 10.0. The highest BCUT2D eigenvalue weighted by atomic mass is 32.2. The Hall–Kier alpha value is -0.170. The monoisotopic (exact) mass is 393 g/mol. The third-order valence-corrected chi connectivity index (χ3v) is 5.65. The minimum atomic E-state index is -4.10. The molecule has 0 radical (unpaired) electrons.